The highest BCUT2D eigenvalue weighted by atomic mass is 32.1. The summed E-state index contributed by atoms with van der Waals surface area (Å²) in [4.78, 5) is 29.7. The Balaban J connectivity index is 1.49. The second kappa shape index (κ2) is 8.09. The fourth-order valence-corrected chi connectivity index (χ4v) is 4.82. The van der Waals surface area contributed by atoms with Crippen LogP contribution in [0.1, 0.15) is 35.3 Å². The lowest BCUT2D eigenvalue weighted by molar-refractivity contribution is 0.0921. The second-order valence-corrected chi connectivity index (χ2v) is 9.11. The lowest BCUT2D eigenvalue weighted by atomic mass is 10.0. The molecule has 0 bridgehead atoms. The van der Waals surface area contributed by atoms with Crippen molar-refractivity contribution >= 4 is 33.5 Å². The molecular formula is C25H22N4O2S. The van der Waals surface area contributed by atoms with Crippen LogP contribution >= 0.6 is 11.3 Å². The fourth-order valence-electron chi connectivity index (χ4n) is 3.87. The summed E-state index contributed by atoms with van der Waals surface area (Å²) < 4.78 is 1.48. The van der Waals surface area contributed by atoms with Gasteiger partial charge in [0.1, 0.15) is 5.52 Å². The highest BCUT2D eigenvalue weighted by Gasteiger charge is 2.22. The summed E-state index contributed by atoms with van der Waals surface area (Å²) >= 11 is 1.61. The molecule has 3 aromatic heterocycles. The number of amides is 1. The van der Waals surface area contributed by atoms with Crippen molar-refractivity contribution in [2.75, 3.05) is 0 Å². The zero-order valence-corrected chi connectivity index (χ0v) is 18.5. The number of H-pyrrole nitrogens is 1. The summed E-state index contributed by atoms with van der Waals surface area (Å²) in [6.07, 6.45) is 1.75. The first-order valence-electron chi connectivity index (χ1n) is 10.5. The van der Waals surface area contributed by atoms with Crippen molar-refractivity contribution in [1.82, 2.24) is 19.9 Å². The monoisotopic (exact) mass is 442 g/mol. The van der Waals surface area contributed by atoms with Crippen LogP contribution in [0.15, 0.2) is 77.0 Å². The highest BCUT2D eigenvalue weighted by molar-refractivity contribution is 7.10. The largest absolute Gasteiger partial charge is 0.343 e. The van der Waals surface area contributed by atoms with E-state index >= 15 is 0 Å². The van der Waals surface area contributed by atoms with Gasteiger partial charge in [0.2, 0.25) is 0 Å². The molecule has 32 heavy (non-hydrogen) atoms. The number of nitrogens with one attached hydrogen (secondary N) is 2. The molecule has 0 fully saturated rings. The van der Waals surface area contributed by atoms with E-state index in [9.17, 15) is 9.59 Å². The zero-order valence-electron chi connectivity index (χ0n) is 17.7. The first-order valence-corrected chi connectivity index (χ1v) is 11.3. The normalized spacial score (nSPS) is 12.5. The van der Waals surface area contributed by atoms with Crippen LogP contribution < -0.4 is 10.9 Å². The second-order valence-electron chi connectivity index (χ2n) is 8.13. The van der Waals surface area contributed by atoms with E-state index in [4.69, 9.17) is 0 Å². The maximum Gasteiger partial charge on any atom is 0.274 e. The third-order valence-corrected chi connectivity index (χ3v) is 6.52. The fraction of sp³-hybridized carbons (Fsp3) is 0.160. The maximum atomic E-state index is 12.9. The van der Waals surface area contributed by atoms with Gasteiger partial charge in [-0.25, -0.2) is 4.52 Å². The van der Waals surface area contributed by atoms with E-state index in [1.165, 1.54) is 10.6 Å². The SMILES string of the molecule is CC(C)C(NC(=O)c1cc2c(=O)[nH]c(-c3ccc4ccccc4c3)cn2n1)c1cccs1. The average molecular weight is 443 g/mol. The topological polar surface area (TPSA) is 79.3 Å². The van der Waals surface area contributed by atoms with Gasteiger partial charge in [0.05, 0.1) is 17.9 Å². The van der Waals surface area contributed by atoms with Crippen molar-refractivity contribution in [1.29, 1.82) is 0 Å². The van der Waals surface area contributed by atoms with Gasteiger partial charge < -0.3 is 10.3 Å². The molecule has 0 saturated carbocycles. The third-order valence-electron chi connectivity index (χ3n) is 5.56. The molecule has 5 rings (SSSR count). The van der Waals surface area contributed by atoms with E-state index in [0.29, 0.717) is 11.2 Å². The van der Waals surface area contributed by atoms with Crippen LogP contribution in [0.25, 0.3) is 27.5 Å². The van der Waals surface area contributed by atoms with Gasteiger partial charge in [-0.1, -0.05) is 56.3 Å². The predicted octanol–water partition coefficient (Wildman–Crippen LogP) is 5.03. The highest BCUT2D eigenvalue weighted by Crippen LogP contribution is 2.26. The number of carbonyl (C=O) groups is 1. The number of aromatic amines is 1. The number of nitrogens with zero attached hydrogens (tertiary/aromatic N) is 2. The molecule has 0 saturated heterocycles. The van der Waals surface area contributed by atoms with E-state index < -0.39 is 0 Å². The third kappa shape index (κ3) is 3.71. The molecule has 0 spiro atoms. The molecule has 2 N–H and O–H groups in total. The molecule has 160 valence electrons. The standard InChI is InChI=1S/C25H22N4O2S/c1-15(2)23(22-8-5-11-32-22)27-24(30)19-13-21-25(31)26-20(14-29(21)28-19)18-10-9-16-6-3-4-7-17(16)12-18/h3-15,23H,1-2H3,(H,26,31)(H,27,30). The minimum atomic E-state index is -0.299. The van der Waals surface area contributed by atoms with Crippen LogP contribution in [0, 0.1) is 5.92 Å². The molecule has 7 heteroatoms. The molecule has 0 aliphatic heterocycles. The lowest BCUT2D eigenvalue weighted by Crippen LogP contribution is -2.31. The number of rotatable bonds is 5. The summed E-state index contributed by atoms with van der Waals surface area (Å²) in [6.45, 7) is 4.13. The van der Waals surface area contributed by atoms with Crippen molar-refractivity contribution < 1.29 is 4.79 Å². The number of benzene rings is 2. The van der Waals surface area contributed by atoms with Gasteiger partial charge in [0.25, 0.3) is 11.5 Å². The van der Waals surface area contributed by atoms with Gasteiger partial charge in [-0.2, -0.15) is 5.10 Å². The maximum absolute atomic E-state index is 12.9. The van der Waals surface area contributed by atoms with Crippen LogP contribution in [0.2, 0.25) is 0 Å². The number of carbonyl (C=O) groups excluding carboxylic acids is 1. The van der Waals surface area contributed by atoms with Crippen molar-refractivity contribution in [3.8, 4) is 11.3 Å². The van der Waals surface area contributed by atoms with E-state index in [1.807, 2.05) is 60.0 Å². The number of hydrogen-bond acceptors (Lipinski definition) is 4. The Morgan fingerprint density at radius 2 is 1.88 bits per heavy atom. The van der Waals surface area contributed by atoms with E-state index in [0.717, 1.165) is 21.2 Å². The summed E-state index contributed by atoms with van der Waals surface area (Å²) in [5.41, 5.74) is 1.77. The smallest absolute Gasteiger partial charge is 0.274 e. The summed E-state index contributed by atoms with van der Waals surface area (Å²) in [5.74, 6) is -0.0787. The molecule has 1 amide bonds. The number of aromatic nitrogens is 3. The van der Waals surface area contributed by atoms with Crippen LogP contribution in [0.5, 0.6) is 0 Å². The predicted molar refractivity (Wildman–Crippen MR) is 128 cm³/mol. The summed E-state index contributed by atoms with van der Waals surface area (Å²) in [6, 6.07) is 19.5. The molecule has 5 aromatic rings. The lowest BCUT2D eigenvalue weighted by Gasteiger charge is -2.20. The quantitative estimate of drug-likeness (QED) is 0.401. The van der Waals surface area contributed by atoms with Crippen LogP contribution in [0.4, 0.5) is 0 Å². The van der Waals surface area contributed by atoms with E-state index in [1.54, 1.807) is 17.5 Å². The Labute approximate surface area is 188 Å². The van der Waals surface area contributed by atoms with Gasteiger partial charge >= 0.3 is 0 Å². The van der Waals surface area contributed by atoms with Crippen molar-refractivity contribution in [2.24, 2.45) is 5.92 Å². The molecule has 2 aromatic carbocycles. The van der Waals surface area contributed by atoms with Crippen LogP contribution in [-0.2, 0) is 0 Å². The van der Waals surface area contributed by atoms with Gasteiger partial charge in [-0.05, 0) is 34.2 Å². The average Bonchev–Trinajstić information content (AvgIpc) is 3.47. The number of fused-ring (bicyclic) bond motifs is 2. The first kappa shape index (κ1) is 20.2. The Morgan fingerprint density at radius 1 is 1.06 bits per heavy atom. The zero-order chi connectivity index (χ0) is 22.2. The Hall–Kier alpha value is -3.71. The summed E-state index contributed by atoms with van der Waals surface area (Å²) in [7, 11) is 0. The van der Waals surface area contributed by atoms with Gasteiger partial charge in [-0.15, -0.1) is 11.3 Å². The van der Waals surface area contributed by atoms with Crippen LogP contribution in [-0.4, -0.2) is 20.5 Å². The number of hydrogen-bond donors (Lipinski definition) is 2. The Kier molecular flexibility index (Phi) is 5.11. The molecule has 1 unspecified atom stereocenters. The molecular weight excluding hydrogens is 420 g/mol. The Morgan fingerprint density at radius 3 is 2.62 bits per heavy atom. The minimum absolute atomic E-state index is 0.112. The van der Waals surface area contributed by atoms with Gasteiger partial charge in [0, 0.05) is 16.5 Å². The number of thiophene rings is 1. The first-order chi connectivity index (χ1) is 15.5. The van der Waals surface area contributed by atoms with Gasteiger partial charge in [-0.3, -0.25) is 9.59 Å². The molecule has 3 heterocycles. The summed E-state index contributed by atoms with van der Waals surface area (Å²) in [5, 5.41) is 11.7. The molecule has 1 atom stereocenters. The molecule has 0 radical (unpaired) electrons. The minimum Gasteiger partial charge on any atom is -0.343 e. The molecule has 0 aliphatic carbocycles. The molecule has 0 aliphatic rings. The van der Waals surface area contributed by atoms with Crippen molar-refractivity contribution in [2.45, 2.75) is 19.9 Å². The van der Waals surface area contributed by atoms with Crippen molar-refractivity contribution in [3.63, 3.8) is 0 Å². The molecule has 6 nitrogen and oxygen atoms in total. The Bertz CT molecular complexity index is 1480. The van der Waals surface area contributed by atoms with Crippen molar-refractivity contribution in [3.05, 3.63) is 93.2 Å². The van der Waals surface area contributed by atoms with E-state index in [-0.39, 0.29) is 29.1 Å². The van der Waals surface area contributed by atoms with E-state index in [2.05, 4.69) is 29.2 Å². The van der Waals surface area contributed by atoms with Crippen LogP contribution in [0.3, 0.4) is 0 Å². The van der Waals surface area contributed by atoms with Gasteiger partial charge in [0.15, 0.2) is 5.69 Å².